The Bertz CT molecular complexity index is 685. The lowest BCUT2D eigenvalue weighted by Crippen LogP contribution is -2.48. The predicted molar refractivity (Wildman–Crippen MR) is 85.4 cm³/mol. The summed E-state index contributed by atoms with van der Waals surface area (Å²) in [5, 5.41) is 0. The van der Waals surface area contributed by atoms with E-state index in [1.807, 2.05) is 12.1 Å². The van der Waals surface area contributed by atoms with Crippen molar-refractivity contribution in [2.24, 2.45) is 0 Å². The lowest BCUT2D eigenvalue weighted by molar-refractivity contribution is -0.00845. The first-order chi connectivity index (χ1) is 11.7. The Kier molecular flexibility index (Phi) is 4.02. The topological polar surface area (TPSA) is 60.4 Å². The van der Waals surface area contributed by atoms with E-state index in [2.05, 4.69) is 19.9 Å². The van der Waals surface area contributed by atoms with Crippen molar-refractivity contribution < 1.29 is 13.9 Å². The zero-order valence-electron chi connectivity index (χ0n) is 13.3. The van der Waals surface area contributed by atoms with Crippen molar-refractivity contribution in [3.63, 3.8) is 0 Å². The van der Waals surface area contributed by atoms with Gasteiger partial charge in [0.1, 0.15) is 11.9 Å². The van der Waals surface area contributed by atoms with Crippen LogP contribution in [0, 0.1) is 5.82 Å². The van der Waals surface area contributed by atoms with Gasteiger partial charge >= 0.3 is 0 Å². The van der Waals surface area contributed by atoms with Crippen molar-refractivity contribution >= 4 is 5.95 Å². The minimum atomic E-state index is -0.424. The number of nitrogens with zero attached hydrogens (tertiary/aromatic N) is 4. The van der Waals surface area contributed by atoms with Crippen LogP contribution >= 0.6 is 0 Å². The van der Waals surface area contributed by atoms with Gasteiger partial charge in [-0.05, 0) is 25.0 Å². The van der Waals surface area contributed by atoms with Crippen molar-refractivity contribution in [3.05, 3.63) is 42.7 Å². The molecule has 1 spiro atoms. The van der Waals surface area contributed by atoms with Crippen LogP contribution in [-0.2, 0) is 4.74 Å². The molecular formula is C17H19FN4O2. The van der Waals surface area contributed by atoms with Crippen LogP contribution in [0.2, 0.25) is 0 Å². The fraction of sp³-hybridized carbons (Fsp3) is 0.471. The SMILES string of the molecule is Fc1cnc(N2CCC[C@@]3(C[C@@H](Oc4cccnc4)CO3)C2)nc1. The second-order valence-electron chi connectivity index (χ2n) is 6.35. The van der Waals surface area contributed by atoms with E-state index in [1.54, 1.807) is 12.4 Å². The number of halogens is 1. The van der Waals surface area contributed by atoms with Gasteiger partial charge in [-0.25, -0.2) is 14.4 Å². The van der Waals surface area contributed by atoms with Crippen LogP contribution in [-0.4, -0.2) is 46.4 Å². The summed E-state index contributed by atoms with van der Waals surface area (Å²) < 4.78 is 25.1. The summed E-state index contributed by atoms with van der Waals surface area (Å²) in [6, 6.07) is 3.76. The van der Waals surface area contributed by atoms with Gasteiger partial charge in [0.25, 0.3) is 0 Å². The van der Waals surface area contributed by atoms with Crippen molar-refractivity contribution in [1.82, 2.24) is 15.0 Å². The molecule has 2 aromatic rings. The first-order valence-corrected chi connectivity index (χ1v) is 8.16. The molecule has 0 unspecified atom stereocenters. The fourth-order valence-corrected chi connectivity index (χ4v) is 3.51. The highest BCUT2D eigenvalue weighted by Crippen LogP contribution is 2.36. The van der Waals surface area contributed by atoms with Crippen molar-refractivity contribution in [3.8, 4) is 5.75 Å². The minimum absolute atomic E-state index is 0.0169. The van der Waals surface area contributed by atoms with Gasteiger partial charge in [-0.2, -0.15) is 0 Å². The third-order valence-corrected chi connectivity index (χ3v) is 4.54. The molecule has 126 valence electrons. The maximum atomic E-state index is 13.0. The normalized spacial score (nSPS) is 26.7. The molecule has 0 saturated carbocycles. The Balaban J connectivity index is 1.43. The van der Waals surface area contributed by atoms with E-state index < -0.39 is 5.82 Å². The van der Waals surface area contributed by atoms with Gasteiger partial charge in [-0.3, -0.25) is 4.98 Å². The second-order valence-corrected chi connectivity index (χ2v) is 6.35. The standard InChI is InChI=1S/C17H19FN4O2/c18-13-8-20-16(21-9-13)22-6-2-4-17(12-22)7-15(11-23-17)24-14-3-1-5-19-10-14/h1,3,5,8-10,15H,2,4,6-7,11-12H2/t15-,17-/m1/s1. The monoisotopic (exact) mass is 330 g/mol. The summed E-state index contributed by atoms with van der Waals surface area (Å²) in [4.78, 5) is 14.3. The highest BCUT2D eigenvalue weighted by molar-refractivity contribution is 5.31. The molecule has 0 aliphatic carbocycles. The van der Waals surface area contributed by atoms with Crippen molar-refractivity contribution in [2.45, 2.75) is 31.0 Å². The number of rotatable bonds is 3. The zero-order chi connectivity index (χ0) is 16.4. The first-order valence-electron chi connectivity index (χ1n) is 8.16. The summed E-state index contributed by atoms with van der Waals surface area (Å²) in [6.07, 6.45) is 8.65. The molecule has 4 heterocycles. The predicted octanol–water partition coefficient (Wildman–Crippen LogP) is 2.22. The number of piperidine rings is 1. The van der Waals surface area contributed by atoms with Gasteiger partial charge in [0.05, 0.1) is 30.8 Å². The minimum Gasteiger partial charge on any atom is -0.486 e. The van der Waals surface area contributed by atoms with Gasteiger partial charge in [0, 0.05) is 25.7 Å². The molecule has 7 heteroatoms. The van der Waals surface area contributed by atoms with Gasteiger partial charge in [-0.15, -0.1) is 0 Å². The maximum absolute atomic E-state index is 13.0. The molecule has 0 bridgehead atoms. The summed E-state index contributed by atoms with van der Waals surface area (Å²) in [6.45, 7) is 2.11. The molecule has 2 aliphatic heterocycles. The molecule has 4 rings (SSSR count). The van der Waals surface area contributed by atoms with E-state index in [4.69, 9.17) is 9.47 Å². The van der Waals surface area contributed by atoms with E-state index in [1.165, 1.54) is 12.4 Å². The maximum Gasteiger partial charge on any atom is 0.225 e. The van der Waals surface area contributed by atoms with Crippen molar-refractivity contribution in [2.75, 3.05) is 24.6 Å². The van der Waals surface area contributed by atoms with E-state index in [9.17, 15) is 4.39 Å². The van der Waals surface area contributed by atoms with E-state index in [0.29, 0.717) is 19.1 Å². The average molecular weight is 330 g/mol. The fourth-order valence-electron chi connectivity index (χ4n) is 3.51. The zero-order valence-corrected chi connectivity index (χ0v) is 13.3. The molecule has 0 aromatic carbocycles. The number of aromatic nitrogens is 3. The summed E-state index contributed by atoms with van der Waals surface area (Å²) in [5.41, 5.74) is -0.247. The Morgan fingerprint density at radius 3 is 2.96 bits per heavy atom. The van der Waals surface area contributed by atoms with Gasteiger partial charge < -0.3 is 14.4 Å². The molecule has 2 saturated heterocycles. The van der Waals surface area contributed by atoms with Crippen LogP contribution in [0.1, 0.15) is 19.3 Å². The Morgan fingerprint density at radius 2 is 2.17 bits per heavy atom. The highest BCUT2D eigenvalue weighted by Gasteiger charge is 2.45. The van der Waals surface area contributed by atoms with Gasteiger partial charge in [0.15, 0.2) is 5.82 Å². The molecule has 0 amide bonds. The molecule has 6 nitrogen and oxygen atoms in total. The largest absolute Gasteiger partial charge is 0.486 e. The second kappa shape index (κ2) is 6.32. The number of pyridine rings is 1. The Labute approximate surface area is 139 Å². The van der Waals surface area contributed by atoms with Gasteiger partial charge in [0.2, 0.25) is 5.95 Å². The van der Waals surface area contributed by atoms with Crippen LogP contribution in [0.3, 0.4) is 0 Å². The lowest BCUT2D eigenvalue weighted by atomic mass is 9.89. The molecule has 2 aliphatic rings. The lowest BCUT2D eigenvalue weighted by Gasteiger charge is -2.39. The van der Waals surface area contributed by atoms with Crippen LogP contribution < -0.4 is 9.64 Å². The molecule has 2 fully saturated rings. The first kappa shape index (κ1) is 15.3. The van der Waals surface area contributed by atoms with Crippen LogP contribution in [0.5, 0.6) is 5.75 Å². The van der Waals surface area contributed by atoms with Crippen LogP contribution in [0.25, 0.3) is 0 Å². The van der Waals surface area contributed by atoms with E-state index >= 15 is 0 Å². The Hall–Kier alpha value is -2.28. The quantitative estimate of drug-likeness (QED) is 0.860. The molecule has 2 aromatic heterocycles. The molecule has 0 radical (unpaired) electrons. The molecule has 24 heavy (non-hydrogen) atoms. The highest BCUT2D eigenvalue weighted by atomic mass is 19.1. The summed E-state index contributed by atoms with van der Waals surface area (Å²) in [5.74, 6) is 0.890. The number of ether oxygens (including phenoxy) is 2. The number of anilines is 1. The van der Waals surface area contributed by atoms with E-state index in [0.717, 1.165) is 31.6 Å². The molecule has 2 atom stereocenters. The third-order valence-electron chi connectivity index (χ3n) is 4.54. The Morgan fingerprint density at radius 1 is 1.29 bits per heavy atom. The summed E-state index contributed by atoms with van der Waals surface area (Å²) in [7, 11) is 0. The third kappa shape index (κ3) is 3.17. The van der Waals surface area contributed by atoms with Crippen LogP contribution in [0.4, 0.5) is 10.3 Å². The summed E-state index contributed by atoms with van der Waals surface area (Å²) >= 11 is 0. The molecular weight excluding hydrogens is 311 g/mol. The smallest absolute Gasteiger partial charge is 0.225 e. The number of hydrogen-bond donors (Lipinski definition) is 0. The average Bonchev–Trinajstić information content (AvgIpc) is 2.98. The number of hydrogen-bond acceptors (Lipinski definition) is 6. The van der Waals surface area contributed by atoms with Crippen molar-refractivity contribution in [1.29, 1.82) is 0 Å². The molecule has 0 N–H and O–H groups in total. The van der Waals surface area contributed by atoms with Gasteiger partial charge in [-0.1, -0.05) is 0 Å². The van der Waals surface area contributed by atoms with E-state index in [-0.39, 0.29) is 11.7 Å². The van der Waals surface area contributed by atoms with Crippen LogP contribution in [0.15, 0.2) is 36.9 Å².